The molecular weight excluding hydrogens is 482 g/mol. The summed E-state index contributed by atoms with van der Waals surface area (Å²) in [5.41, 5.74) is 2.31. The van der Waals surface area contributed by atoms with E-state index >= 15 is 0 Å². The molecule has 4 aromatic rings. The highest BCUT2D eigenvalue weighted by Gasteiger charge is 2.28. The Bertz CT molecular complexity index is 1360. The van der Waals surface area contributed by atoms with E-state index in [-0.39, 0.29) is 5.91 Å². The lowest BCUT2D eigenvalue weighted by atomic mass is 10.1. The van der Waals surface area contributed by atoms with Crippen LogP contribution in [-0.4, -0.2) is 83.0 Å². The number of piperazine rings is 2. The van der Waals surface area contributed by atoms with E-state index in [1.165, 1.54) is 16.9 Å². The Labute approximate surface area is 221 Å². The van der Waals surface area contributed by atoms with Crippen LogP contribution in [0.5, 0.6) is 0 Å². The highest BCUT2D eigenvalue weighted by atomic mass is 32.1. The van der Waals surface area contributed by atoms with Crippen LogP contribution in [0, 0.1) is 6.92 Å². The number of carbonyl (C=O) groups is 1. The van der Waals surface area contributed by atoms with Gasteiger partial charge in [-0.1, -0.05) is 36.4 Å². The lowest BCUT2D eigenvalue weighted by Crippen LogP contribution is -2.48. The summed E-state index contributed by atoms with van der Waals surface area (Å²) in [4.78, 5) is 38.0. The zero-order valence-corrected chi connectivity index (χ0v) is 21.9. The monoisotopic (exact) mass is 513 g/mol. The molecule has 3 aromatic heterocycles. The number of aryl methyl sites for hydroxylation is 1. The van der Waals surface area contributed by atoms with Crippen molar-refractivity contribution in [2.24, 2.45) is 0 Å². The summed E-state index contributed by atoms with van der Waals surface area (Å²) in [5, 5.41) is 1.02. The van der Waals surface area contributed by atoms with Crippen LogP contribution in [0.4, 0.5) is 11.6 Å². The molecule has 37 heavy (non-hydrogen) atoms. The molecule has 0 radical (unpaired) electrons. The van der Waals surface area contributed by atoms with Gasteiger partial charge in [-0.2, -0.15) is 0 Å². The van der Waals surface area contributed by atoms with Crippen molar-refractivity contribution in [1.82, 2.24) is 24.8 Å². The maximum absolute atomic E-state index is 13.6. The van der Waals surface area contributed by atoms with E-state index in [4.69, 9.17) is 0 Å². The summed E-state index contributed by atoms with van der Waals surface area (Å²) in [5.74, 6) is 2.07. The molecule has 0 saturated carbocycles. The van der Waals surface area contributed by atoms with Crippen LogP contribution in [-0.2, 0) is 6.54 Å². The third-order valence-corrected chi connectivity index (χ3v) is 8.55. The van der Waals surface area contributed by atoms with E-state index < -0.39 is 0 Å². The molecule has 0 atom stereocenters. The SMILES string of the molecule is Cc1c(C(=O)N2CCN(Cc3ccccc3)CC2)sc2ncnc(N3CCN(c4ccccn4)CC3)c12. The zero-order valence-electron chi connectivity index (χ0n) is 21.1. The average molecular weight is 514 g/mol. The third-order valence-electron chi connectivity index (χ3n) is 7.36. The molecular formula is C28H31N7OS. The van der Waals surface area contributed by atoms with E-state index in [1.807, 2.05) is 29.3 Å². The molecule has 1 amide bonds. The van der Waals surface area contributed by atoms with Crippen molar-refractivity contribution in [3.05, 3.63) is 77.1 Å². The number of hydrogen-bond acceptors (Lipinski definition) is 8. The Kier molecular flexibility index (Phi) is 6.72. The zero-order chi connectivity index (χ0) is 25.2. The third kappa shape index (κ3) is 4.89. The van der Waals surface area contributed by atoms with Gasteiger partial charge < -0.3 is 14.7 Å². The molecule has 0 bridgehead atoms. The average Bonchev–Trinajstić information content (AvgIpc) is 3.31. The van der Waals surface area contributed by atoms with Crippen molar-refractivity contribution in [2.75, 3.05) is 62.2 Å². The van der Waals surface area contributed by atoms with Crippen molar-refractivity contribution in [3.63, 3.8) is 0 Å². The van der Waals surface area contributed by atoms with Crippen LogP contribution < -0.4 is 9.80 Å². The number of aromatic nitrogens is 3. The fourth-order valence-electron chi connectivity index (χ4n) is 5.28. The normalized spacial score (nSPS) is 16.9. The largest absolute Gasteiger partial charge is 0.353 e. The first-order chi connectivity index (χ1) is 18.2. The van der Waals surface area contributed by atoms with Gasteiger partial charge in [0, 0.05) is 65.1 Å². The first-order valence-electron chi connectivity index (χ1n) is 12.9. The van der Waals surface area contributed by atoms with E-state index in [2.05, 4.69) is 66.9 Å². The second kappa shape index (κ2) is 10.4. The molecule has 0 aliphatic carbocycles. The summed E-state index contributed by atoms with van der Waals surface area (Å²) < 4.78 is 0. The standard InChI is InChI=1S/C28H31N7OS/c1-21-24-26(34-17-15-33(16-18-34)23-9-5-6-10-29-23)30-20-31-27(24)37-25(21)28(36)35-13-11-32(12-14-35)19-22-7-3-2-4-8-22/h2-10,20H,11-19H2,1H3. The number of pyridine rings is 1. The highest BCUT2D eigenvalue weighted by Crippen LogP contribution is 2.36. The van der Waals surface area contributed by atoms with E-state index in [0.717, 1.165) is 91.2 Å². The van der Waals surface area contributed by atoms with Crippen LogP contribution in [0.1, 0.15) is 20.8 Å². The smallest absolute Gasteiger partial charge is 0.264 e. The minimum atomic E-state index is 0.116. The number of thiophene rings is 1. The molecule has 0 N–H and O–H groups in total. The van der Waals surface area contributed by atoms with Crippen LogP contribution in [0.25, 0.3) is 10.2 Å². The molecule has 8 nitrogen and oxygen atoms in total. The number of rotatable bonds is 5. The van der Waals surface area contributed by atoms with Crippen molar-refractivity contribution in [3.8, 4) is 0 Å². The maximum Gasteiger partial charge on any atom is 0.264 e. The highest BCUT2D eigenvalue weighted by molar-refractivity contribution is 7.20. The molecule has 6 rings (SSSR count). The van der Waals surface area contributed by atoms with Gasteiger partial charge >= 0.3 is 0 Å². The summed E-state index contributed by atoms with van der Waals surface area (Å²) >= 11 is 1.50. The van der Waals surface area contributed by atoms with Gasteiger partial charge in [0.25, 0.3) is 5.91 Å². The predicted molar refractivity (Wildman–Crippen MR) is 148 cm³/mol. The number of nitrogens with zero attached hydrogens (tertiary/aromatic N) is 7. The number of carbonyl (C=O) groups excluding carboxylic acids is 1. The number of amides is 1. The molecule has 5 heterocycles. The second-order valence-corrected chi connectivity index (χ2v) is 10.6. The molecule has 190 valence electrons. The quantitative estimate of drug-likeness (QED) is 0.403. The number of fused-ring (bicyclic) bond motifs is 1. The van der Waals surface area contributed by atoms with Gasteiger partial charge in [-0.15, -0.1) is 11.3 Å². The first kappa shape index (κ1) is 23.8. The second-order valence-electron chi connectivity index (χ2n) is 9.65. The van der Waals surface area contributed by atoms with E-state index in [1.54, 1.807) is 6.33 Å². The van der Waals surface area contributed by atoms with Crippen LogP contribution in [0.3, 0.4) is 0 Å². The minimum Gasteiger partial charge on any atom is -0.353 e. The fraction of sp³-hybridized carbons (Fsp3) is 0.357. The number of hydrogen-bond donors (Lipinski definition) is 0. The molecule has 9 heteroatoms. The lowest BCUT2D eigenvalue weighted by Gasteiger charge is -2.36. The molecule has 1 aromatic carbocycles. The Balaban J connectivity index is 1.15. The van der Waals surface area contributed by atoms with Gasteiger partial charge in [0.1, 0.15) is 22.8 Å². The van der Waals surface area contributed by atoms with Crippen LogP contribution in [0.15, 0.2) is 61.1 Å². The Morgan fingerprint density at radius 2 is 1.57 bits per heavy atom. The summed E-state index contributed by atoms with van der Waals surface area (Å²) in [6.07, 6.45) is 3.47. The Hall–Kier alpha value is -3.56. The fourth-order valence-corrected chi connectivity index (χ4v) is 6.39. The lowest BCUT2D eigenvalue weighted by molar-refractivity contribution is 0.0632. The molecule has 2 aliphatic rings. The van der Waals surface area contributed by atoms with Gasteiger partial charge in [0.15, 0.2) is 0 Å². The first-order valence-corrected chi connectivity index (χ1v) is 13.7. The van der Waals surface area contributed by atoms with Crippen molar-refractivity contribution >= 4 is 39.1 Å². The van der Waals surface area contributed by atoms with Gasteiger partial charge in [0.05, 0.1) is 10.3 Å². The van der Waals surface area contributed by atoms with Gasteiger partial charge in [-0.3, -0.25) is 9.69 Å². The maximum atomic E-state index is 13.6. The van der Waals surface area contributed by atoms with Crippen LogP contribution in [0.2, 0.25) is 0 Å². The van der Waals surface area contributed by atoms with Crippen molar-refractivity contribution in [1.29, 1.82) is 0 Å². The number of anilines is 2. The van der Waals surface area contributed by atoms with Gasteiger partial charge in [-0.25, -0.2) is 15.0 Å². The summed E-state index contributed by atoms with van der Waals surface area (Å²) in [6, 6.07) is 16.6. The minimum absolute atomic E-state index is 0.116. The molecule has 0 unspecified atom stereocenters. The predicted octanol–water partition coefficient (Wildman–Crippen LogP) is 3.68. The van der Waals surface area contributed by atoms with E-state index in [9.17, 15) is 4.79 Å². The van der Waals surface area contributed by atoms with Crippen molar-refractivity contribution in [2.45, 2.75) is 13.5 Å². The molecule has 2 aliphatic heterocycles. The summed E-state index contributed by atoms with van der Waals surface area (Å²) in [7, 11) is 0. The van der Waals surface area contributed by atoms with Gasteiger partial charge in [0.2, 0.25) is 0 Å². The van der Waals surface area contributed by atoms with Crippen LogP contribution >= 0.6 is 11.3 Å². The Morgan fingerprint density at radius 3 is 2.30 bits per heavy atom. The van der Waals surface area contributed by atoms with E-state index in [0.29, 0.717) is 0 Å². The van der Waals surface area contributed by atoms with Gasteiger partial charge in [-0.05, 0) is 30.2 Å². The topological polar surface area (TPSA) is 68.7 Å². The number of benzene rings is 1. The molecule has 2 fully saturated rings. The Morgan fingerprint density at radius 1 is 0.838 bits per heavy atom. The molecule has 2 saturated heterocycles. The molecule has 0 spiro atoms. The van der Waals surface area contributed by atoms with Crippen molar-refractivity contribution < 1.29 is 4.79 Å². The summed E-state index contributed by atoms with van der Waals surface area (Å²) in [6.45, 7) is 9.70.